The summed E-state index contributed by atoms with van der Waals surface area (Å²) in [4.78, 5) is 16.5. The van der Waals surface area contributed by atoms with Crippen LogP contribution in [0.15, 0.2) is 55.1 Å². The molecule has 0 aliphatic carbocycles. The van der Waals surface area contributed by atoms with Crippen molar-refractivity contribution >= 4 is 11.7 Å². The molecule has 0 radical (unpaired) electrons. The van der Waals surface area contributed by atoms with E-state index in [0.717, 1.165) is 12.1 Å². The first-order valence-corrected chi connectivity index (χ1v) is 8.00. The van der Waals surface area contributed by atoms with Crippen LogP contribution in [-0.4, -0.2) is 25.2 Å². The van der Waals surface area contributed by atoms with Gasteiger partial charge in [0.1, 0.15) is 5.69 Å². The lowest BCUT2D eigenvalue weighted by molar-refractivity contribution is 0.101. The van der Waals surface area contributed by atoms with E-state index in [9.17, 15) is 4.79 Å². The van der Waals surface area contributed by atoms with Crippen molar-refractivity contribution in [3.8, 4) is 0 Å². The van der Waals surface area contributed by atoms with E-state index in [2.05, 4.69) is 29.2 Å². The van der Waals surface area contributed by atoms with Crippen LogP contribution in [0.3, 0.4) is 0 Å². The molecule has 0 aliphatic rings. The van der Waals surface area contributed by atoms with Gasteiger partial charge in [0.15, 0.2) is 5.82 Å². The van der Waals surface area contributed by atoms with E-state index in [1.54, 1.807) is 12.4 Å². The summed E-state index contributed by atoms with van der Waals surface area (Å²) < 4.78 is 3.76. The number of nitrogens with zero attached hydrogens (tertiary/aromatic N) is 4. The van der Waals surface area contributed by atoms with Crippen molar-refractivity contribution < 1.29 is 4.79 Å². The van der Waals surface area contributed by atoms with E-state index >= 15 is 0 Å². The third-order valence-electron chi connectivity index (χ3n) is 3.60. The second-order valence-electron chi connectivity index (χ2n) is 6.15. The van der Waals surface area contributed by atoms with Gasteiger partial charge in [-0.05, 0) is 35.7 Å². The molecule has 3 aromatic heterocycles. The highest BCUT2D eigenvalue weighted by atomic mass is 16.2. The van der Waals surface area contributed by atoms with Crippen LogP contribution < -0.4 is 5.32 Å². The number of hydrogen-bond acceptors (Lipinski definition) is 3. The number of pyridine rings is 1. The molecule has 3 heterocycles. The Morgan fingerprint density at radius 3 is 2.71 bits per heavy atom. The Morgan fingerprint density at radius 1 is 1.17 bits per heavy atom. The predicted octanol–water partition coefficient (Wildman–Crippen LogP) is 3.04. The summed E-state index contributed by atoms with van der Waals surface area (Å²) >= 11 is 0. The van der Waals surface area contributed by atoms with Crippen LogP contribution in [0.2, 0.25) is 0 Å². The number of carbonyl (C=O) groups is 1. The van der Waals surface area contributed by atoms with E-state index in [1.165, 1.54) is 0 Å². The largest absolute Gasteiger partial charge is 0.339 e. The Balaban J connectivity index is 1.69. The van der Waals surface area contributed by atoms with Gasteiger partial charge in [-0.25, -0.2) is 0 Å². The average molecular weight is 323 g/mol. The molecule has 3 rings (SSSR count). The Kier molecular flexibility index (Phi) is 4.74. The molecule has 0 aliphatic heterocycles. The minimum atomic E-state index is -0.163. The standard InChI is InChI=1S/C18H21N5O/c1-14(2)12-23-11-7-17(21-23)20-18(24)16-4-3-10-22(16)13-15-5-8-19-9-6-15/h3-11,14H,12-13H2,1-2H3,(H,20,21,24). The van der Waals surface area contributed by atoms with Gasteiger partial charge in [-0.2, -0.15) is 5.10 Å². The average Bonchev–Trinajstić information content (AvgIpc) is 3.17. The molecule has 0 atom stereocenters. The fourth-order valence-corrected chi connectivity index (χ4v) is 2.53. The smallest absolute Gasteiger partial charge is 0.273 e. The molecule has 0 unspecified atom stereocenters. The number of anilines is 1. The summed E-state index contributed by atoms with van der Waals surface area (Å²) in [6.07, 6.45) is 7.28. The number of aromatic nitrogens is 4. The highest BCUT2D eigenvalue weighted by Gasteiger charge is 2.13. The maximum absolute atomic E-state index is 12.5. The van der Waals surface area contributed by atoms with Crippen molar-refractivity contribution in [2.24, 2.45) is 5.92 Å². The Morgan fingerprint density at radius 2 is 1.96 bits per heavy atom. The maximum atomic E-state index is 12.5. The molecule has 0 saturated heterocycles. The van der Waals surface area contributed by atoms with Gasteiger partial charge in [0, 0.05) is 43.9 Å². The van der Waals surface area contributed by atoms with Crippen molar-refractivity contribution in [3.05, 3.63) is 66.4 Å². The summed E-state index contributed by atoms with van der Waals surface area (Å²) in [5.74, 6) is 0.909. The first kappa shape index (κ1) is 16.0. The molecular weight excluding hydrogens is 302 g/mol. The van der Waals surface area contributed by atoms with Gasteiger partial charge in [-0.15, -0.1) is 0 Å². The molecule has 0 spiro atoms. The van der Waals surface area contributed by atoms with Gasteiger partial charge in [0.05, 0.1) is 0 Å². The van der Waals surface area contributed by atoms with Crippen molar-refractivity contribution in [3.63, 3.8) is 0 Å². The van der Waals surface area contributed by atoms with Gasteiger partial charge in [-0.1, -0.05) is 13.8 Å². The number of rotatable bonds is 6. The molecular formula is C18H21N5O. The molecule has 1 amide bonds. The van der Waals surface area contributed by atoms with Gasteiger partial charge in [-0.3, -0.25) is 14.5 Å². The van der Waals surface area contributed by atoms with Gasteiger partial charge < -0.3 is 9.88 Å². The van der Waals surface area contributed by atoms with Crippen LogP contribution in [0.4, 0.5) is 5.82 Å². The Bertz CT molecular complexity index is 804. The lowest BCUT2D eigenvalue weighted by atomic mass is 10.2. The molecule has 3 aromatic rings. The molecule has 0 fully saturated rings. The van der Waals surface area contributed by atoms with Gasteiger partial charge >= 0.3 is 0 Å². The second kappa shape index (κ2) is 7.12. The van der Waals surface area contributed by atoms with Crippen molar-refractivity contribution in [2.45, 2.75) is 26.9 Å². The number of hydrogen-bond donors (Lipinski definition) is 1. The third kappa shape index (κ3) is 3.90. The van der Waals surface area contributed by atoms with E-state index in [-0.39, 0.29) is 5.91 Å². The zero-order valence-corrected chi connectivity index (χ0v) is 13.9. The topological polar surface area (TPSA) is 64.7 Å². The quantitative estimate of drug-likeness (QED) is 0.758. The van der Waals surface area contributed by atoms with Gasteiger partial charge in [0.2, 0.25) is 0 Å². The second-order valence-corrected chi connectivity index (χ2v) is 6.15. The van der Waals surface area contributed by atoms with Crippen molar-refractivity contribution in [1.29, 1.82) is 0 Å². The fourth-order valence-electron chi connectivity index (χ4n) is 2.53. The molecule has 24 heavy (non-hydrogen) atoms. The summed E-state index contributed by atoms with van der Waals surface area (Å²) in [7, 11) is 0. The van der Waals surface area contributed by atoms with Crippen LogP contribution in [-0.2, 0) is 13.1 Å². The van der Waals surface area contributed by atoms with Crippen LogP contribution in [0.25, 0.3) is 0 Å². The molecule has 6 heteroatoms. The number of amides is 1. The normalized spacial score (nSPS) is 11.0. The zero-order chi connectivity index (χ0) is 16.9. The minimum Gasteiger partial charge on any atom is -0.339 e. The monoisotopic (exact) mass is 323 g/mol. The summed E-state index contributed by atoms with van der Waals surface area (Å²) in [6, 6.07) is 9.37. The summed E-state index contributed by atoms with van der Waals surface area (Å²) in [5, 5.41) is 7.24. The lowest BCUT2D eigenvalue weighted by Gasteiger charge is -2.09. The molecule has 6 nitrogen and oxygen atoms in total. The fraction of sp³-hybridized carbons (Fsp3) is 0.278. The SMILES string of the molecule is CC(C)Cn1ccc(NC(=O)c2cccn2Cc2ccncc2)n1. The van der Waals surface area contributed by atoms with Crippen LogP contribution in [0.1, 0.15) is 29.9 Å². The minimum absolute atomic E-state index is 0.163. The number of carbonyl (C=O) groups excluding carboxylic acids is 1. The molecule has 124 valence electrons. The van der Waals surface area contributed by atoms with Crippen LogP contribution in [0, 0.1) is 5.92 Å². The summed E-state index contributed by atoms with van der Waals surface area (Å²) in [6.45, 7) is 5.71. The lowest BCUT2D eigenvalue weighted by Crippen LogP contribution is -2.18. The Hall–Kier alpha value is -2.89. The first-order chi connectivity index (χ1) is 11.6. The van der Waals surface area contributed by atoms with Gasteiger partial charge in [0.25, 0.3) is 5.91 Å². The van der Waals surface area contributed by atoms with E-state index in [4.69, 9.17) is 0 Å². The van der Waals surface area contributed by atoms with Crippen LogP contribution >= 0.6 is 0 Å². The van der Waals surface area contributed by atoms with E-state index in [1.807, 2.05) is 52.0 Å². The highest BCUT2D eigenvalue weighted by molar-refractivity contribution is 6.02. The Labute approximate surface area is 141 Å². The highest BCUT2D eigenvalue weighted by Crippen LogP contribution is 2.11. The first-order valence-electron chi connectivity index (χ1n) is 8.00. The van der Waals surface area contributed by atoms with E-state index < -0.39 is 0 Å². The zero-order valence-electron chi connectivity index (χ0n) is 13.9. The predicted molar refractivity (Wildman–Crippen MR) is 92.8 cm³/mol. The maximum Gasteiger partial charge on any atom is 0.273 e. The van der Waals surface area contributed by atoms with Crippen molar-refractivity contribution in [2.75, 3.05) is 5.32 Å². The third-order valence-corrected chi connectivity index (χ3v) is 3.60. The van der Waals surface area contributed by atoms with E-state index in [0.29, 0.717) is 24.0 Å². The molecule has 0 bridgehead atoms. The molecule has 1 N–H and O–H groups in total. The van der Waals surface area contributed by atoms with Crippen LogP contribution in [0.5, 0.6) is 0 Å². The molecule has 0 saturated carbocycles. The van der Waals surface area contributed by atoms with Crippen molar-refractivity contribution in [1.82, 2.24) is 19.3 Å². The molecule has 0 aromatic carbocycles. The summed E-state index contributed by atoms with van der Waals surface area (Å²) in [5.41, 5.74) is 1.70. The number of nitrogens with one attached hydrogen (secondary N) is 1.